The maximum Gasteiger partial charge on any atom is 0.267 e. The lowest BCUT2D eigenvalue weighted by Gasteiger charge is -2.35. The van der Waals surface area contributed by atoms with E-state index in [0.717, 1.165) is 60.4 Å². The van der Waals surface area contributed by atoms with Crippen molar-refractivity contribution in [2.75, 3.05) is 30.7 Å². The van der Waals surface area contributed by atoms with Gasteiger partial charge in [-0.3, -0.25) is 9.69 Å². The fraction of sp³-hybridized carbons (Fsp3) is 0.667. The van der Waals surface area contributed by atoms with Crippen molar-refractivity contribution in [1.29, 1.82) is 0 Å². The average Bonchev–Trinajstić information content (AvgIpc) is 3.33. The van der Waals surface area contributed by atoms with Crippen molar-refractivity contribution in [3.63, 3.8) is 0 Å². The van der Waals surface area contributed by atoms with Gasteiger partial charge in [-0.2, -0.15) is 16.9 Å². The number of thiazole rings is 1. The van der Waals surface area contributed by atoms with Crippen molar-refractivity contribution >= 4 is 28.2 Å². The number of piperidine rings is 1. The summed E-state index contributed by atoms with van der Waals surface area (Å²) in [5.74, 6) is 2.04. The van der Waals surface area contributed by atoms with Crippen LogP contribution in [0.1, 0.15) is 47.5 Å². The first-order chi connectivity index (χ1) is 14.3. The van der Waals surface area contributed by atoms with Crippen LogP contribution in [0.15, 0.2) is 10.9 Å². The molecule has 3 aliphatic rings. The Labute approximate surface area is 180 Å². The predicted molar refractivity (Wildman–Crippen MR) is 120 cm³/mol. The normalized spacial score (nSPS) is 21.7. The molecule has 2 aliphatic heterocycles. The van der Waals surface area contributed by atoms with E-state index in [4.69, 9.17) is 4.98 Å². The molecule has 29 heavy (non-hydrogen) atoms. The maximum atomic E-state index is 12.5. The fourth-order valence-corrected chi connectivity index (χ4v) is 6.70. The Bertz CT molecular complexity index is 903. The van der Waals surface area contributed by atoms with Gasteiger partial charge in [-0.25, -0.2) is 9.67 Å². The van der Waals surface area contributed by atoms with Gasteiger partial charge in [0.1, 0.15) is 0 Å². The lowest BCUT2D eigenvalue weighted by Crippen LogP contribution is -2.45. The Hall–Kier alpha value is -1.38. The number of anilines is 1. The van der Waals surface area contributed by atoms with Gasteiger partial charge in [0.2, 0.25) is 0 Å². The number of hydrogen-bond donors (Lipinski definition) is 1. The number of thioether (sulfide) groups is 1. The van der Waals surface area contributed by atoms with Crippen molar-refractivity contribution in [1.82, 2.24) is 19.7 Å². The second-order valence-corrected chi connectivity index (χ2v) is 10.5. The summed E-state index contributed by atoms with van der Waals surface area (Å²) in [6.45, 7) is 3.62. The van der Waals surface area contributed by atoms with Crippen molar-refractivity contribution in [3.05, 3.63) is 38.2 Å². The third kappa shape index (κ3) is 4.39. The van der Waals surface area contributed by atoms with Gasteiger partial charge in [-0.15, -0.1) is 11.3 Å². The van der Waals surface area contributed by atoms with E-state index in [1.165, 1.54) is 42.7 Å². The van der Waals surface area contributed by atoms with Crippen molar-refractivity contribution in [2.24, 2.45) is 0 Å². The number of fused-ring (bicyclic) bond motifs is 2. The van der Waals surface area contributed by atoms with E-state index in [-0.39, 0.29) is 5.56 Å². The van der Waals surface area contributed by atoms with Crippen molar-refractivity contribution < 1.29 is 0 Å². The first-order valence-corrected chi connectivity index (χ1v) is 12.9. The smallest absolute Gasteiger partial charge is 0.267 e. The topological polar surface area (TPSA) is 63.1 Å². The SMILES string of the molecule is O=c1cc2c(nn1CCN1CCCCC1CNc1nc3c(s1)CCC3)CCSC2. The van der Waals surface area contributed by atoms with Gasteiger partial charge in [0.25, 0.3) is 5.56 Å². The van der Waals surface area contributed by atoms with Crippen LogP contribution in [0.2, 0.25) is 0 Å². The minimum Gasteiger partial charge on any atom is -0.360 e. The van der Waals surface area contributed by atoms with Gasteiger partial charge in [-0.05, 0) is 50.0 Å². The van der Waals surface area contributed by atoms with Crippen LogP contribution < -0.4 is 10.9 Å². The van der Waals surface area contributed by atoms with Crippen LogP contribution >= 0.6 is 23.1 Å². The third-order valence-corrected chi connectivity index (χ3v) is 8.46. The zero-order valence-electron chi connectivity index (χ0n) is 16.9. The molecule has 1 unspecified atom stereocenters. The van der Waals surface area contributed by atoms with Crippen molar-refractivity contribution in [2.45, 2.75) is 63.3 Å². The van der Waals surface area contributed by atoms with Gasteiger partial charge in [0.15, 0.2) is 5.13 Å². The summed E-state index contributed by atoms with van der Waals surface area (Å²) >= 11 is 3.73. The Balaban J connectivity index is 1.20. The molecule has 1 N–H and O–H groups in total. The number of likely N-dealkylation sites (tertiary alicyclic amines) is 1. The molecule has 0 bridgehead atoms. The summed E-state index contributed by atoms with van der Waals surface area (Å²) in [7, 11) is 0. The highest BCUT2D eigenvalue weighted by Crippen LogP contribution is 2.30. The van der Waals surface area contributed by atoms with Crippen molar-refractivity contribution in [3.8, 4) is 0 Å². The lowest BCUT2D eigenvalue weighted by molar-refractivity contribution is 0.148. The summed E-state index contributed by atoms with van der Waals surface area (Å²) < 4.78 is 1.69. The monoisotopic (exact) mass is 431 g/mol. The number of aryl methyl sites for hydroxylation is 3. The zero-order chi connectivity index (χ0) is 19.6. The minimum atomic E-state index is 0.0511. The van der Waals surface area contributed by atoms with E-state index in [2.05, 4.69) is 15.3 Å². The Kier molecular flexibility index (Phi) is 5.92. The second-order valence-electron chi connectivity index (χ2n) is 8.29. The van der Waals surface area contributed by atoms with E-state index >= 15 is 0 Å². The molecule has 1 atom stereocenters. The first-order valence-electron chi connectivity index (χ1n) is 10.9. The molecule has 0 radical (unpaired) electrons. The molecule has 1 aliphatic carbocycles. The molecule has 4 heterocycles. The highest BCUT2D eigenvalue weighted by atomic mass is 32.2. The van der Waals surface area contributed by atoms with Crippen LogP contribution in [-0.2, 0) is 31.6 Å². The number of hydrogen-bond acceptors (Lipinski definition) is 7. The molecule has 5 rings (SSSR count). The molecule has 0 spiro atoms. The summed E-state index contributed by atoms with van der Waals surface area (Å²) in [5, 5.41) is 9.38. The summed E-state index contributed by atoms with van der Waals surface area (Å²) in [5.41, 5.74) is 3.62. The van der Waals surface area contributed by atoms with Gasteiger partial charge in [0, 0.05) is 42.2 Å². The number of nitrogens with one attached hydrogen (secondary N) is 1. The van der Waals surface area contributed by atoms with Gasteiger partial charge < -0.3 is 5.32 Å². The molecule has 8 heteroatoms. The molecule has 2 aromatic rings. The van der Waals surface area contributed by atoms with Crippen LogP contribution in [0.3, 0.4) is 0 Å². The molecule has 2 aromatic heterocycles. The summed E-state index contributed by atoms with van der Waals surface area (Å²) in [6, 6.07) is 2.32. The van der Waals surface area contributed by atoms with E-state index < -0.39 is 0 Å². The standard InChI is InChI=1S/C21H29N5OS2/c27-20-12-15-14-28-11-7-17(15)24-26(20)10-9-25-8-2-1-4-16(25)13-22-21-23-18-5-3-6-19(18)29-21/h12,16H,1-11,13-14H2,(H,22,23). The lowest BCUT2D eigenvalue weighted by atomic mass is 10.0. The second kappa shape index (κ2) is 8.78. The molecule has 156 valence electrons. The molecule has 6 nitrogen and oxygen atoms in total. The Morgan fingerprint density at radius 3 is 3.03 bits per heavy atom. The minimum absolute atomic E-state index is 0.0511. The molecule has 0 saturated carbocycles. The Morgan fingerprint density at radius 2 is 2.10 bits per heavy atom. The van der Waals surface area contributed by atoms with Gasteiger partial charge >= 0.3 is 0 Å². The van der Waals surface area contributed by atoms with Crippen LogP contribution in [-0.4, -0.2) is 51.1 Å². The highest BCUT2D eigenvalue weighted by Gasteiger charge is 2.24. The highest BCUT2D eigenvalue weighted by molar-refractivity contribution is 7.98. The largest absolute Gasteiger partial charge is 0.360 e. The molecule has 1 saturated heterocycles. The number of rotatable bonds is 6. The van der Waals surface area contributed by atoms with Crippen LogP contribution in [0.25, 0.3) is 0 Å². The van der Waals surface area contributed by atoms with E-state index in [1.807, 2.05) is 29.2 Å². The molecule has 1 fully saturated rings. The van der Waals surface area contributed by atoms with E-state index in [0.29, 0.717) is 12.6 Å². The fourth-order valence-electron chi connectivity index (χ4n) is 4.69. The zero-order valence-corrected chi connectivity index (χ0v) is 18.5. The predicted octanol–water partition coefficient (Wildman–Crippen LogP) is 2.94. The van der Waals surface area contributed by atoms with Crippen LogP contribution in [0, 0.1) is 0 Å². The summed E-state index contributed by atoms with van der Waals surface area (Å²) in [4.78, 5) is 21.3. The van der Waals surface area contributed by atoms with E-state index in [1.54, 1.807) is 4.68 Å². The quantitative estimate of drug-likeness (QED) is 0.759. The van der Waals surface area contributed by atoms with Crippen LogP contribution in [0.4, 0.5) is 5.13 Å². The van der Waals surface area contributed by atoms with Gasteiger partial charge in [0.05, 0.1) is 17.9 Å². The Morgan fingerprint density at radius 1 is 1.14 bits per heavy atom. The molecular formula is C21H29N5OS2. The first kappa shape index (κ1) is 19.6. The average molecular weight is 432 g/mol. The molecule has 0 amide bonds. The maximum absolute atomic E-state index is 12.5. The third-order valence-electron chi connectivity index (χ3n) is 6.34. The van der Waals surface area contributed by atoms with Gasteiger partial charge in [-0.1, -0.05) is 6.42 Å². The molecule has 0 aromatic carbocycles. The number of aromatic nitrogens is 3. The van der Waals surface area contributed by atoms with Crippen LogP contribution in [0.5, 0.6) is 0 Å². The van der Waals surface area contributed by atoms with E-state index in [9.17, 15) is 4.79 Å². The molecular weight excluding hydrogens is 402 g/mol. The number of nitrogens with zero attached hydrogens (tertiary/aromatic N) is 4. The summed E-state index contributed by atoms with van der Waals surface area (Å²) in [6.07, 6.45) is 8.32.